The van der Waals surface area contributed by atoms with Crippen molar-refractivity contribution in [3.63, 3.8) is 0 Å². The first-order valence-electron chi connectivity index (χ1n) is 11.0. The molecule has 4 rings (SSSR count). The monoisotopic (exact) mass is 495 g/mol. The second-order valence-corrected chi connectivity index (χ2v) is 11.1. The maximum absolute atomic E-state index is 13.4. The van der Waals surface area contributed by atoms with Gasteiger partial charge in [-0.15, -0.1) is 0 Å². The van der Waals surface area contributed by atoms with E-state index >= 15 is 0 Å². The zero-order chi connectivity index (χ0) is 23.9. The van der Waals surface area contributed by atoms with E-state index in [-0.39, 0.29) is 39.2 Å². The first kappa shape index (κ1) is 23.8. The van der Waals surface area contributed by atoms with Gasteiger partial charge in [-0.3, -0.25) is 4.79 Å². The predicted octanol–water partition coefficient (Wildman–Crippen LogP) is 3.71. The number of carbonyl (C=O) groups excluding carboxylic acids is 1. The smallest absolute Gasteiger partial charge is 0.255 e. The number of phenolic OH excluding ortho intramolecular Hbond substituents is 1. The van der Waals surface area contributed by atoms with Gasteiger partial charge in [-0.05, 0) is 55.7 Å². The van der Waals surface area contributed by atoms with Crippen LogP contribution in [0, 0.1) is 5.82 Å². The largest absolute Gasteiger partial charge is 0.506 e. The van der Waals surface area contributed by atoms with Crippen LogP contribution in [-0.4, -0.2) is 67.4 Å². The molecule has 2 aliphatic heterocycles. The van der Waals surface area contributed by atoms with E-state index in [9.17, 15) is 22.7 Å². The molecular formula is C23H27ClFN3O4S. The Bertz CT molecular complexity index is 1160. The summed E-state index contributed by atoms with van der Waals surface area (Å²) in [4.78, 5) is 16.9. The van der Waals surface area contributed by atoms with Crippen LogP contribution >= 0.6 is 11.6 Å². The summed E-state index contributed by atoms with van der Waals surface area (Å²) in [5, 5.41) is 10.7. The minimum Gasteiger partial charge on any atom is -0.506 e. The lowest BCUT2D eigenvalue weighted by atomic mass is 10.1. The SMILES string of the molecule is CCCN(C)S(=O)(=O)c1ccc(O)c(N2[C@@H]3CC[C@H]2CN(C(=O)c2ccc(F)cc2Cl)C3)c1. The number of nitrogens with zero attached hydrogens (tertiary/aromatic N) is 3. The second-order valence-electron chi connectivity index (χ2n) is 8.60. The first-order valence-corrected chi connectivity index (χ1v) is 12.8. The molecule has 1 amide bonds. The van der Waals surface area contributed by atoms with Crippen LogP contribution in [0.2, 0.25) is 5.02 Å². The highest BCUT2D eigenvalue weighted by molar-refractivity contribution is 7.89. The van der Waals surface area contributed by atoms with Crippen LogP contribution < -0.4 is 4.90 Å². The van der Waals surface area contributed by atoms with E-state index in [1.54, 1.807) is 11.9 Å². The van der Waals surface area contributed by atoms with Crippen molar-refractivity contribution in [2.45, 2.75) is 43.2 Å². The normalized spacial score (nSPS) is 20.5. The molecule has 2 atom stereocenters. The molecule has 1 N–H and O–H groups in total. The number of sulfonamides is 1. The number of likely N-dealkylation sites (tertiary alicyclic amines) is 1. The third kappa shape index (κ3) is 4.41. The molecule has 0 aliphatic carbocycles. The Morgan fingerprint density at radius 2 is 1.85 bits per heavy atom. The molecule has 33 heavy (non-hydrogen) atoms. The van der Waals surface area contributed by atoms with Gasteiger partial charge in [0.05, 0.1) is 21.2 Å². The topological polar surface area (TPSA) is 81.2 Å². The van der Waals surface area contributed by atoms with Gasteiger partial charge in [0.2, 0.25) is 10.0 Å². The number of rotatable bonds is 6. The highest BCUT2D eigenvalue weighted by Crippen LogP contribution is 2.41. The highest BCUT2D eigenvalue weighted by Gasteiger charge is 2.43. The number of carbonyl (C=O) groups is 1. The van der Waals surface area contributed by atoms with E-state index in [1.807, 2.05) is 11.8 Å². The molecule has 0 radical (unpaired) electrons. The van der Waals surface area contributed by atoms with Gasteiger partial charge in [0.1, 0.15) is 11.6 Å². The number of hydrogen-bond donors (Lipinski definition) is 1. The lowest BCUT2D eigenvalue weighted by Crippen LogP contribution is -2.55. The Balaban J connectivity index is 1.60. The summed E-state index contributed by atoms with van der Waals surface area (Å²) in [5.74, 6) is -0.764. The molecule has 2 aromatic carbocycles. The maximum Gasteiger partial charge on any atom is 0.255 e. The minimum atomic E-state index is -3.68. The molecule has 2 heterocycles. The van der Waals surface area contributed by atoms with E-state index in [4.69, 9.17) is 11.6 Å². The molecule has 10 heteroatoms. The number of benzene rings is 2. The Hall–Kier alpha value is -2.36. The summed E-state index contributed by atoms with van der Waals surface area (Å²) >= 11 is 6.09. The second kappa shape index (κ2) is 9.12. The van der Waals surface area contributed by atoms with Gasteiger partial charge in [-0.2, -0.15) is 0 Å². The van der Waals surface area contributed by atoms with Gasteiger partial charge in [0.15, 0.2) is 0 Å². The van der Waals surface area contributed by atoms with Gasteiger partial charge in [0, 0.05) is 38.8 Å². The van der Waals surface area contributed by atoms with Crippen LogP contribution in [0.3, 0.4) is 0 Å². The van der Waals surface area contributed by atoms with E-state index in [0.29, 0.717) is 31.7 Å². The van der Waals surface area contributed by atoms with Crippen molar-refractivity contribution in [1.82, 2.24) is 9.21 Å². The fourth-order valence-electron chi connectivity index (χ4n) is 4.78. The average Bonchev–Trinajstić information content (AvgIpc) is 3.02. The van der Waals surface area contributed by atoms with Gasteiger partial charge >= 0.3 is 0 Å². The molecule has 0 unspecified atom stereocenters. The molecule has 7 nitrogen and oxygen atoms in total. The molecule has 2 aromatic rings. The number of fused-ring (bicyclic) bond motifs is 2. The fraction of sp³-hybridized carbons (Fsp3) is 0.435. The minimum absolute atomic E-state index is 0.00495. The summed E-state index contributed by atoms with van der Waals surface area (Å²) in [6.45, 7) is 3.10. The number of anilines is 1. The molecular weight excluding hydrogens is 469 g/mol. The lowest BCUT2D eigenvalue weighted by Gasteiger charge is -2.42. The Labute approximate surface area is 198 Å². The van der Waals surface area contributed by atoms with Gasteiger partial charge in [-0.1, -0.05) is 18.5 Å². The molecule has 2 saturated heterocycles. The number of halogens is 2. The van der Waals surface area contributed by atoms with Crippen molar-refractivity contribution in [3.8, 4) is 5.75 Å². The van der Waals surface area contributed by atoms with Crippen LogP contribution in [0.5, 0.6) is 5.75 Å². The zero-order valence-electron chi connectivity index (χ0n) is 18.5. The molecule has 0 saturated carbocycles. The summed E-state index contributed by atoms with van der Waals surface area (Å²) in [6.07, 6.45) is 2.30. The molecule has 0 spiro atoms. The predicted molar refractivity (Wildman–Crippen MR) is 125 cm³/mol. The summed E-state index contributed by atoms with van der Waals surface area (Å²) in [6, 6.07) is 7.92. The third-order valence-electron chi connectivity index (χ3n) is 6.40. The number of aromatic hydroxyl groups is 1. The quantitative estimate of drug-likeness (QED) is 0.660. The summed E-state index contributed by atoms with van der Waals surface area (Å²) < 4.78 is 40.6. The van der Waals surface area contributed by atoms with Crippen LogP contribution in [0.25, 0.3) is 0 Å². The molecule has 178 valence electrons. The number of hydrogen-bond acceptors (Lipinski definition) is 5. The standard InChI is InChI=1S/C23H27ClFN3O4S/c1-3-10-26(2)33(31,32)18-7-9-22(29)21(12-18)28-16-5-6-17(28)14-27(13-16)23(30)19-8-4-15(25)11-20(19)24/h4,7-9,11-12,16-17,29H,3,5-6,10,13-14H2,1-2H3/t16-,17+. The van der Waals surface area contributed by atoms with Crippen molar-refractivity contribution < 1.29 is 22.7 Å². The maximum atomic E-state index is 13.4. The molecule has 2 bridgehead atoms. The highest BCUT2D eigenvalue weighted by atomic mass is 35.5. The molecule has 2 fully saturated rings. The number of phenols is 1. The van der Waals surface area contributed by atoms with Crippen LogP contribution in [0.1, 0.15) is 36.5 Å². The van der Waals surface area contributed by atoms with E-state index in [0.717, 1.165) is 18.9 Å². The van der Waals surface area contributed by atoms with Crippen molar-refractivity contribution in [3.05, 3.63) is 52.8 Å². The van der Waals surface area contributed by atoms with E-state index in [2.05, 4.69) is 0 Å². The van der Waals surface area contributed by atoms with Crippen LogP contribution in [0.15, 0.2) is 41.3 Å². The Morgan fingerprint density at radius 3 is 2.45 bits per heavy atom. The Morgan fingerprint density at radius 1 is 1.18 bits per heavy atom. The zero-order valence-corrected chi connectivity index (χ0v) is 20.1. The fourth-order valence-corrected chi connectivity index (χ4v) is 6.31. The summed E-state index contributed by atoms with van der Waals surface area (Å²) in [5.41, 5.74) is 0.709. The number of piperazine rings is 1. The van der Waals surface area contributed by atoms with Gasteiger partial charge < -0.3 is 14.9 Å². The molecule has 0 aromatic heterocycles. The molecule has 2 aliphatic rings. The van der Waals surface area contributed by atoms with Gasteiger partial charge in [-0.25, -0.2) is 17.1 Å². The van der Waals surface area contributed by atoms with Crippen LogP contribution in [-0.2, 0) is 10.0 Å². The van der Waals surface area contributed by atoms with Crippen molar-refractivity contribution in [2.24, 2.45) is 0 Å². The number of amides is 1. The summed E-state index contributed by atoms with van der Waals surface area (Å²) in [7, 11) is -2.13. The lowest BCUT2D eigenvalue weighted by molar-refractivity contribution is 0.0718. The van der Waals surface area contributed by atoms with Gasteiger partial charge in [0.25, 0.3) is 5.91 Å². The van der Waals surface area contributed by atoms with Crippen molar-refractivity contribution in [2.75, 3.05) is 31.6 Å². The Kier molecular flexibility index (Phi) is 6.57. The van der Waals surface area contributed by atoms with Crippen LogP contribution in [0.4, 0.5) is 10.1 Å². The van der Waals surface area contributed by atoms with Crippen molar-refractivity contribution in [1.29, 1.82) is 0 Å². The van der Waals surface area contributed by atoms with Crippen molar-refractivity contribution >= 4 is 33.2 Å². The van der Waals surface area contributed by atoms with E-state index < -0.39 is 15.8 Å². The first-order chi connectivity index (χ1) is 15.6. The third-order valence-corrected chi connectivity index (χ3v) is 8.57. The van der Waals surface area contributed by atoms with E-state index in [1.165, 1.54) is 34.6 Å². The average molecular weight is 496 g/mol.